The number of nitrogens with zero attached hydrogens (tertiary/aromatic N) is 2. The van der Waals surface area contributed by atoms with E-state index in [0.717, 1.165) is 11.3 Å². The van der Waals surface area contributed by atoms with Crippen molar-refractivity contribution >= 4 is 29.5 Å². The minimum absolute atomic E-state index is 0.0103. The van der Waals surface area contributed by atoms with Crippen molar-refractivity contribution in [3.8, 4) is 0 Å². The zero-order valence-corrected chi connectivity index (χ0v) is 15.2. The summed E-state index contributed by atoms with van der Waals surface area (Å²) < 4.78 is 0. The summed E-state index contributed by atoms with van der Waals surface area (Å²) in [5, 5.41) is 2.73. The topological polar surface area (TPSA) is 69.7 Å². The summed E-state index contributed by atoms with van der Waals surface area (Å²) >= 11 is 1.64. The average molecular weight is 361 g/mol. The van der Waals surface area contributed by atoms with Gasteiger partial charge in [0.1, 0.15) is 6.04 Å². The second-order valence-electron chi connectivity index (χ2n) is 6.36. The maximum atomic E-state index is 12.7. The van der Waals surface area contributed by atoms with Crippen LogP contribution >= 0.6 is 11.8 Å². The molecule has 1 unspecified atom stereocenters. The zero-order valence-electron chi connectivity index (χ0n) is 14.4. The molecule has 2 heterocycles. The lowest BCUT2D eigenvalue weighted by Crippen LogP contribution is -2.46. The second kappa shape index (κ2) is 7.91. The van der Waals surface area contributed by atoms with E-state index in [4.69, 9.17) is 0 Å². The lowest BCUT2D eigenvalue weighted by molar-refractivity contribution is -0.134. The number of rotatable bonds is 3. The van der Waals surface area contributed by atoms with E-state index in [1.54, 1.807) is 16.7 Å². The van der Waals surface area contributed by atoms with Crippen LogP contribution in [0.3, 0.4) is 0 Å². The maximum absolute atomic E-state index is 12.7. The molecule has 3 rings (SSSR count). The van der Waals surface area contributed by atoms with Crippen molar-refractivity contribution in [1.82, 2.24) is 15.1 Å². The Balaban J connectivity index is 1.59. The molecule has 2 fully saturated rings. The largest absolute Gasteiger partial charge is 0.344 e. The Kier molecular flexibility index (Phi) is 5.63. The molecule has 1 N–H and O–H groups in total. The van der Waals surface area contributed by atoms with Gasteiger partial charge in [0.15, 0.2) is 0 Å². The van der Waals surface area contributed by atoms with Gasteiger partial charge in [0, 0.05) is 43.1 Å². The Hall–Kier alpha value is -2.02. The van der Waals surface area contributed by atoms with E-state index in [1.807, 2.05) is 35.4 Å². The van der Waals surface area contributed by atoms with E-state index in [2.05, 4.69) is 5.32 Å². The van der Waals surface area contributed by atoms with E-state index in [1.165, 1.54) is 0 Å². The van der Waals surface area contributed by atoms with Gasteiger partial charge in [-0.25, -0.2) is 0 Å². The van der Waals surface area contributed by atoms with Gasteiger partial charge in [-0.1, -0.05) is 0 Å². The van der Waals surface area contributed by atoms with E-state index in [9.17, 15) is 14.4 Å². The fourth-order valence-electron chi connectivity index (χ4n) is 3.28. The van der Waals surface area contributed by atoms with Crippen LogP contribution in [0.1, 0.15) is 29.6 Å². The molecule has 1 aromatic carbocycles. The Labute approximate surface area is 151 Å². The highest BCUT2D eigenvalue weighted by Crippen LogP contribution is 2.17. The van der Waals surface area contributed by atoms with Crippen molar-refractivity contribution in [2.45, 2.75) is 30.2 Å². The number of carbonyl (C=O) groups is 3. The van der Waals surface area contributed by atoms with Crippen molar-refractivity contribution in [2.24, 2.45) is 0 Å². The van der Waals surface area contributed by atoms with Gasteiger partial charge in [-0.2, -0.15) is 0 Å². The third-order valence-electron chi connectivity index (χ3n) is 4.73. The van der Waals surface area contributed by atoms with Crippen LogP contribution in [0.4, 0.5) is 0 Å². The Bertz CT molecular complexity index is 662. The summed E-state index contributed by atoms with van der Waals surface area (Å²) in [6.45, 7) is 2.31. The monoisotopic (exact) mass is 361 g/mol. The summed E-state index contributed by atoms with van der Waals surface area (Å²) in [5.74, 6) is -0.0701. The summed E-state index contributed by atoms with van der Waals surface area (Å²) in [4.78, 5) is 41.2. The first kappa shape index (κ1) is 17.8. The summed E-state index contributed by atoms with van der Waals surface area (Å²) in [7, 11) is 0. The molecule has 0 saturated carbocycles. The van der Waals surface area contributed by atoms with Gasteiger partial charge in [-0.3, -0.25) is 14.4 Å². The molecule has 2 aliphatic heterocycles. The molecule has 6 nitrogen and oxygen atoms in total. The third kappa shape index (κ3) is 4.15. The van der Waals surface area contributed by atoms with Crippen LogP contribution in [0, 0.1) is 0 Å². The molecule has 134 valence electrons. The van der Waals surface area contributed by atoms with E-state index >= 15 is 0 Å². The van der Waals surface area contributed by atoms with Crippen molar-refractivity contribution in [2.75, 3.05) is 32.4 Å². The number of hydrogen-bond acceptors (Lipinski definition) is 4. The Morgan fingerprint density at radius 3 is 2.40 bits per heavy atom. The zero-order chi connectivity index (χ0) is 17.8. The molecule has 0 bridgehead atoms. The smallest absolute Gasteiger partial charge is 0.253 e. The molecule has 2 aliphatic rings. The van der Waals surface area contributed by atoms with Crippen LogP contribution in [-0.4, -0.2) is 66.0 Å². The highest BCUT2D eigenvalue weighted by Gasteiger charge is 2.32. The number of thioether (sulfide) groups is 1. The van der Waals surface area contributed by atoms with Crippen LogP contribution in [0.25, 0.3) is 0 Å². The van der Waals surface area contributed by atoms with E-state index < -0.39 is 6.04 Å². The fraction of sp³-hybridized carbons (Fsp3) is 0.500. The average Bonchev–Trinajstić information content (AvgIpc) is 2.93. The van der Waals surface area contributed by atoms with Gasteiger partial charge in [-0.15, -0.1) is 11.8 Å². The molecule has 2 saturated heterocycles. The Morgan fingerprint density at radius 1 is 1.08 bits per heavy atom. The summed E-state index contributed by atoms with van der Waals surface area (Å²) in [5.41, 5.74) is 0.681. The van der Waals surface area contributed by atoms with Crippen LogP contribution in [-0.2, 0) is 9.59 Å². The SMILES string of the molecule is CSc1ccc(C(=O)N2CCCN(C(=O)C3CCC(=O)N3)CC2)cc1. The van der Waals surface area contributed by atoms with Crippen LogP contribution in [0.2, 0.25) is 0 Å². The molecule has 7 heteroatoms. The van der Waals surface area contributed by atoms with Crippen molar-refractivity contribution in [3.63, 3.8) is 0 Å². The fourth-order valence-corrected chi connectivity index (χ4v) is 3.69. The number of carbonyl (C=O) groups excluding carboxylic acids is 3. The Morgan fingerprint density at radius 2 is 1.76 bits per heavy atom. The third-order valence-corrected chi connectivity index (χ3v) is 5.47. The van der Waals surface area contributed by atoms with Crippen LogP contribution in [0.5, 0.6) is 0 Å². The molecule has 1 aromatic rings. The number of benzene rings is 1. The van der Waals surface area contributed by atoms with Gasteiger partial charge in [0.25, 0.3) is 5.91 Å². The predicted octanol–water partition coefficient (Wildman–Crippen LogP) is 1.36. The minimum Gasteiger partial charge on any atom is -0.344 e. The van der Waals surface area contributed by atoms with Crippen molar-refractivity contribution < 1.29 is 14.4 Å². The summed E-state index contributed by atoms with van der Waals surface area (Å²) in [6, 6.07) is 7.23. The molecule has 25 heavy (non-hydrogen) atoms. The van der Waals surface area contributed by atoms with E-state index in [-0.39, 0.29) is 17.7 Å². The molecule has 0 radical (unpaired) electrons. The molecule has 1 atom stereocenters. The van der Waals surface area contributed by atoms with Gasteiger partial charge in [-0.05, 0) is 43.4 Å². The molecule has 0 spiro atoms. The van der Waals surface area contributed by atoms with Gasteiger partial charge in [0.2, 0.25) is 11.8 Å². The number of nitrogens with one attached hydrogen (secondary N) is 1. The quantitative estimate of drug-likeness (QED) is 0.826. The van der Waals surface area contributed by atoms with Gasteiger partial charge >= 0.3 is 0 Å². The van der Waals surface area contributed by atoms with Crippen molar-refractivity contribution in [1.29, 1.82) is 0 Å². The second-order valence-corrected chi connectivity index (χ2v) is 7.24. The first-order valence-electron chi connectivity index (χ1n) is 8.60. The minimum atomic E-state index is -0.395. The predicted molar refractivity (Wildman–Crippen MR) is 96.5 cm³/mol. The molecular formula is C18H23N3O3S. The van der Waals surface area contributed by atoms with Gasteiger partial charge < -0.3 is 15.1 Å². The number of amides is 3. The molecular weight excluding hydrogens is 338 g/mol. The molecule has 3 amide bonds. The highest BCUT2D eigenvalue weighted by molar-refractivity contribution is 7.98. The standard InChI is InChI=1S/C18H23N3O3S/c1-25-14-5-3-13(4-6-14)17(23)20-9-2-10-21(12-11-20)18(24)15-7-8-16(22)19-15/h3-6,15H,2,7-12H2,1H3,(H,19,22). The van der Waals surface area contributed by atoms with Crippen LogP contribution < -0.4 is 5.32 Å². The normalized spacial score (nSPS) is 21.0. The number of hydrogen-bond donors (Lipinski definition) is 1. The first-order valence-corrected chi connectivity index (χ1v) is 9.82. The first-order chi connectivity index (χ1) is 12.1. The lowest BCUT2D eigenvalue weighted by atomic mass is 10.2. The van der Waals surface area contributed by atoms with Crippen molar-refractivity contribution in [3.05, 3.63) is 29.8 Å². The highest BCUT2D eigenvalue weighted by atomic mass is 32.2. The lowest BCUT2D eigenvalue weighted by Gasteiger charge is -2.24. The molecule has 0 aromatic heterocycles. The summed E-state index contributed by atoms with van der Waals surface area (Å²) in [6.07, 6.45) is 3.74. The molecule has 0 aliphatic carbocycles. The van der Waals surface area contributed by atoms with E-state index in [0.29, 0.717) is 44.6 Å². The van der Waals surface area contributed by atoms with Gasteiger partial charge in [0.05, 0.1) is 0 Å². The van der Waals surface area contributed by atoms with Crippen LogP contribution in [0.15, 0.2) is 29.2 Å². The maximum Gasteiger partial charge on any atom is 0.253 e.